The van der Waals surface area contributed by atoms with Crippen molar-refractivity contribution in [2.45, 2.75) is 51.9 Å². The second kappa shape index (κ2) is 3.73. The maximum absolute atomic E-state index is 12.6. The van der Waals surface area contributed by atoms with Crippen LogP contribution in [0.1, 0.15) is 41.5 Å². The van der Waals surface area contributed by atoms with E-state index in [0.29, 0.717) is 0 Å². The minimum atomic E-state index is -2.79. The van der Waals surface area contributed by atoms with Crippen molar-refractivity contribution in [2.75, 3.05) is 0 Å². The van der Waals surface area contributed by atoms with Crippen LogP contribution in [0.5, 0.6) is 0 Å². The van der Waals surface area contributed by atoms with Crippen molar-refractivity contribution >= 4 is 30.8 Å². The Balaban J connectivity index is 5.37. The highest BCUT2D eigenvalue weighted by Gasteiger charge is 2.50. The van der Waals surface area contributed by atoms with Crippen molar-refractivity contribution in [1.82, 2.24) is 3.71 Å². The van der Waals surface area contributed by atoms with Gasteiger partial charge in [0.05, 0.1) is 0 Å². The van der Waals surface area contributed by atoms with Gasteiger partial charge in [-0.1, -0.05) is 45.3 Å². The lowest BCUT2D eigenvalue weighted by Crippen LogP contribution is -2.32. The third-order valence-electron chi connectivity index (χ3n) is 2.03. The molecule has 0 aliphatic heterocycles. The lowest BCUT2D eigenvalue weighted by molar-refractivity contribution is 0.499. The van der Waals surface area contributed by atoms with E-state index in [2.05, 4.69) is 0 Å². The summed E-state index contributed by atoms with van der Waals surface area (Å²) < 4.78 is 13.5. The van der Waals surface area contributed by atoms with Gasteiger partial charge in [0, 0.05) is 33.9 Å². The quantitative estimate of drug-likeness (QED) is 0.502. The highest BCUT2D eigenvalue weighted by molar-refractivity contribution is 7.67. The number of nitrogens with zero attached hydrogens (tertiary/aromatic N) is 1. The first kappa shape index (κ1) is 13.8. The summed E-state index contributed by atoms with van der Waals surface area (Å²) in [5.41, 5.74) is 0. The van der Waals surface area contributed by atoms with Crippen LogP contribution in [-0.4, -0.2) is 14.0 Å². The third kappa shape index (κ3) is 2.41. The van der Waals surface area contributed by atoms with E-state index in [4.69, 9.17) is 23.6 Å². The van der Waals surface area contributed by atoms with Crippen molar-refractivity contribution in [3.8, 4) is 0 Å². The van der Waals surface area contributed by atoms with Gasteiger partial charge in [-0.2, -0.15) is 0 Å². The fraction of sp³-hybridized carbons (Fsp3) is 1.00. The van der Waals surface area contributed by atoms with E-state index in [-0.39, 0.29) is 0 Å². The monoisotopic (exact) mass is 245 g/mol. The van der Waals surface area contributed by atoms with Crippen LogP contribution in [0.15, 0.2) is 0 Å². The molecule has 0 unspecified atom stereocenters. The van der Waals surface area contributed by atoms with Crippen molar-refractivity contribution < 1.29 is 4.57 Å². The van der Waals surface area contributed by atoms with E-state index < -0.39 is 17.6 Å². The Hall–Kier alpha value is 0.770. The van der Waals surface area contributed by atoms with Crippen molar-refractivity contribution in [2.24, 2.45) is 0 Å². The highest BCUT2D eigenvalue weighted by atomic mass is 35.5. The largest absolute Gasteiger partial charge is 0.303 e. The number of rotatable bonds is 1. The lowest BCUT2D eigenvalue weighted by atomic mass is 10.2. The molecule has 0 aliphatic carbocycles. The normalized spacial score (nSPS) is 15.2. The predicted octanol–water partition coefficient (Wildman–Crippen LogP) is 4.47. The molecule has 0 aliphatic rings. The number of halogens is 2. The molecule has 0 amide bonds. The molecule has 0 saturated carbocycles. The summed E-state index contributed by atoms with van der Waals surface area (Å²) in [7, 11) is -2.79. The van der Waals surface area contributed by atoms with Crippen LogP contribution >= 0.6 is 30.8 Å². The lowest BCUT2D eigenvalue weighted by Gasteiger charge is -2.41. The Morgan fingerprint density at radius 3 is 1.15 bits per heavy atom. The topological polar surface area (TPSA) is 20.3 Å². The van der Waals surface area contributed by atoms with E-state index in [1.54, 1.807) is 0 Å². The molecule has 2 nitrogen and oxygen atoms in total. The van der Waals surface area contributed by atoms with E-state index >= 15 is 0 Å². The standard InChI is InChI=1S/C8H18Cl2NOP/c1-7(2,3)13(12,11(9)10)8(4,5)6/h1-6H3. The Labute approximate surface area is 91.2 Å². The molecule has 0 bridgehead atoms. The summed E-state index contributed by atoms with van der Waals surface area (Å²) in [6.45, 7) is 11.3. The van der Waals surface area contributed by atoms with Gasteiger partial charge in [-0.3, -0.25) is 0 Å². The average molecular weight is 246 g/mol. The Morgan fingerprint density at radius 1 is 0.923 bits per heavy atom. The van der Waals surface area contributed by atoms with Crippen LogP contribution in [0.4, 0.5) is 0 Å². The summed E-state index contributed by atoms with van der Waals surface area (Å²) in [5.74, 6) is 0. The Morgan fingerprint density at radius 2 is 1.15 bits per heavy atom. The molecule has 0 aromatic heterocycles. The van der Waals surface area contributed by atoms with Gasteiger partial charge in [-0.15, -0.1) is 0 Å². The molecule has 80 valence electrons. The van der Waals surface area contributed by atoms with Gasteiger partial charge in [0.1, 0.15) is 0 Å². The fourth-order valence-electron chi connectivity index (χ4n) is 1.46. The van der Waals surface area contributed by atoms with E-state index in [0.717, 1.165) is 3.71 Å². The van der Waals surface area contributed by atoms with Crippen LogP contribution in [-0.2, 0) is 4.57 Å². The molecule has 0 radical (unpaired) electrons. The maximum atomic E-state index is 12.6. The molecule has 0 N–H and O–H groups in total. The molecular formula is C8H18Cl2NOP. The molecule has 0 rings (SSSR count). The van der Waals surface area contributed by atoms with E-state index in [1.165, 1.54) is 0 Å². The van der Waals surface area contributed by atoms with E-state index in [9.17, 15) is 4.57 Å². The van der Waals surface area contributed by atoms with Crippen LogP contribution in [0, 0.1) is 0 Å². The predicted molar refractivity (Wildman–Crippen MR) is 60.7 cm³/mol. The van der Waals surface area contributed by atoms with Crippen molar-refractivity contribution in [1.29, 1.82) is 0 Å². The van der Waals surface area contributed by atoms with Crippen LogP contribution < -0.4 is 0 Å². The van der Waals surface area contributed by atoms with Crippen LogP contribution in [0.2, 0.25) is 0 Å². The zero-order valence-electron chi connectivity index (χ0n) is 9.06. The zero-order chi connectivity index (χ0) is 11.1. The number of hydrogen-bond donors (Lipinski definition) is 0. The molecule has 0 aromatic rings. The summed E-state index contributed by atoms with van der Waals surface area (Å²) in [5, 5.41) is -0.844. The van der Waals surface area contributed by atoms with Gasteiger partial charge in [-0.05, 0) is 0 Å². The van der Waals surface area contributed by atoms with Gasteiger partial charge in [-0.25, -0.2) is 0 Å². The molecule has 0 fully saturated rings. The fourth-order valence-corrected chi connectivity index (χ4v) is 7.10. The average Bonchev–Trinajstić information content (AvgIpc) is 1.80. The SMILES string of the molecule is CC(C)(C)P(=O)(N(Cl)Cl)C(C)(C)C. The molecular weight excluding hydrogens is 228 g/mol. The minimum Gasteiger partial charge on any atom is -0.303 e. The third-order valence-corrected chi connectivity index (χ3v) is 7.37. The molecule has 0 aromatic carbocycles. The van der Waals surface area contributed by atoms with Gasteiger partial charge < -0.3 is 4.57 Å². The van der Waals surface area contributed by atoms with E-state index in [1.807, 2.05) is 41.5 Å². The van der Waals surface area contributed by atoms with Crippen LogP contribution in [0.3, 0.4) is 0 Å². The first-order valence-electron chi connectivity index (χ1n) is 4.17. The van der Waals surface area contributed by atoms with Gasteiger partial charge in [0.15, 0.2) is 7.29 Å². The summed E-state index contributed by atoms with van der Waals surface area (Å²) >= 11 is 11.4. The first-order chi connectivity index (χ1) is 5.44. The smallest absolute Gasteiger partial charge is 0.188 e. The van der Waals surface area contributed by atoms with Gasteiger partial charge >= 0.3 is 0 Å². The molecule has 0 heterocycles. The summed E-state index contributed by atoms with van der Waals surface area (Å²) in [4.78, 5) is 0. The highest BCUT2D eigenvalue weighted by Crippen LogP contribution is 2.70. The van der Waals surface area contributed by atoms with Gasteiger partial charge in [0.25, 0.3) is 0 Å². The molecule has 0 saturated heterocycles. The second-order valence-electron chi connectivity index (χ2n) is 5.13. The summed E-state index contributed by atoms with van der Waals surface area (Å²) in [6, 6.07) is 0. The molecule has 13 heavy (non-hydrogen) atoms. The summed E-state index contributed by atoms with van der Waals surface area (Å²) in [6.07, 6.45) is 0. The minimum absolute atomic E-state index is 0.422. The van der Waals surface area contributed by atoms with Crippen molar-refractivity contribution in [3.05, 3.63) is 0 Å². The van der Waals surface area contributed by atoms with Gasteiger partial charge in [0.2, 0.25) is 0 Å². The Bertz CT molecular complexity index is 209. The molecule has 0 spiro atoms. The zero-order valence-corrected chi connectivity index (χ0v) is 11.5. The Kier molecular flexibility index (Phi) is 3.95. The first-order valence-corrected chi connectivity index (χ1v) is 6.50. The van der Waals surface area contributed by atoms with Crippen molar-refractivity contribution in [3.63, 3.8) is 0 Å². The maximum Gasteiger partial charge on any atom is 0.188 e. The number of hydrogen-bond acceptors (Lipinski definition) is 1. The molecule has 5 heteroatoms. The van der Waals surface area contributed by atoms with Crippen LogP contribution in [0.25, 0.3) is 0 Å². The molecule has 0 atom stereocenters. The second-order valence-corrected chi connectivity index (χ2v) is 10.7.